The van der Waals surface area contributed by atoms with Crippen LogP contribution in [0.25, 0.3) is 22.6 Å². The molecule has 26 heavy (non-hydrogen) atoms. The number of aliphatic hydroxyl groups excluding tert-OH is 1. The van der Waals surface area contributed by atoms with Crippen LogP contribution in [-0.2, 0) is 0 Å². The van der Waals surface area contributed by atoms with Gasteiger partial charge in [-0.05, 0) is 24.3 Å². The van der Waals surface area contributed by atoms with E-state index < -0.39 is 6.10 Å². The van der Waals surface area contributed by atoms with E-state index in [-0.39, 0.29) is 6.61 Å². The molecular formula is C20H23N3O3. The molecule has 2 heterocycles. The Kier molecular flexibility index (Phi) is 5.15. The Balaban J connectivity index is 1.39. The SMILES string of the molecule is O[C@H](COc1ccc2oc(-c3ccccc3)nc2c1)CN1CCNCC1. The highest BCUT2D eigenvalue weighted by atomic mass is 16.5. The van der Waals surface area contributed by atoms with Gasteiger partial charge in [-0.1, -0.05) is 18.2 Å². The van der Waals surface area contributed by atoms with Gasteiger partial charge < -0.3 is 19.6 Å². The van der Waals surface area contributed by atoms with Crippen LogP contribution in [-0.4, -0.2) is 60.4 Å². The molecular weight excluding hydrogens is 330 g/mol. The van der Waals surface area contributed by atoms with Crippen LogP contribution in [0.3, 0.4) is 0 Å². The van der Waals surface area contributed by atoms with Crippen molar-refractivity contribution in [2.75, 3.05) is 39.3 Å². The third kappa shape index (κ3) is 4.04. The van der Waals surface area contributed by atoms with Crippen molar-refractivity contribution in [1.82, 2.24) is 15.2 Å². The van der Waals surface area contributed by atoms with Gasteiger partial charge in [0.2, 0.25) is 5.89 Å². The summed E-state index contributed by atoms with van der Waals surface area (Å²) >= 11 is 0. The molecule has 2 N–H and O–H groups in total. The van der Waals surface area contributed by atoms with Crippen LogP contribution in [0.1, 0.15) is 0 Å². The predicted molar refractivity (Wildman–Crippen MR) is 100 cm³/mol. The molecule has 1 fully saturated rings. The highest BCUT2D eigenvalue weighted by Gasteiger charge is 2.15. The lowest BCUT2D eigenvalue weighted by Crippen LogP contribution is -2.47. The van der Waals surface area contributed by atoms with Gasteiger partial charge in [-0.2, -0.15) is 0 Å². The van der Waals surface area contributed by atoms with Gasteiger partial charge in [-0.25, -0.2) is 4.98 Å². The largest absolute Gasteiger partial charge is 0.491 e. The molecule has 3 aromatic rings. The van der Waals surface area contributed by atoms with Gasteiger partial charge in [0.05, 0.1) is 0 Å². The molecule has 0 unspecified atom stereocenters. The van der Waals surface area contributed by atoms with E-state index in [1.54, 1.807) is 0 Å². The van der Waals surface area contributed by atoms with E-state index in [0.717, 1.165) is 42.8 Å². The maximum absolute atomic E-state index is 10.2. The predicted octanol–water partition coefficient (Wildman–Crippen LogP) is 2.14. The lowest BCUT2D eigenvalue weighted by atomic mass is 10.2. The van der Waals surface area contributed by atoms with Crippen molar-refractivity contribution in [1.29, 1.82) is 0 Å². The van der Waals surface area contributed by atoms with Crippen molar-refractivity contribution < 1.29 is 14.3 Å². The van der Waals surface area contributed by atoms with Crippen molar-refractivity contribution >= 4 is 11.1 Å². The lowest BCUT2D eigenvalue weighted by Gasteiger charge is -2.28. The van der Waals surface area contributed by atoms with Crippen LogP contribution in [0.15, 0.2) is 52.9 Å². The molecule has 2 aromatic carbocycles. The quantitative estimate of drug-likeness (QED) is 0.708. The molecule has 0 bridgehead atoms. The zero-order chi connectivity index (χ0) is 17.8. The van der Waals surface area contributed by atoms with Gasteiger partial charge in [0.25, 0.3) is 0 Å². The van der Waals surface area contributed by atoms with E-state index in [9.17, 15) is 5.11 Å². The van der Waals surface area contributed by atoms with E-state index in [1.807, 2.05) is 48.5 Å². The standard InChI is InChI=1S/C20H23N3O3/c24-16(13-23-10-8-21-9-11-23)14-25-17-6-7-19-18(12-17)22-20(26-19)15-4-2-1-3-5-15/h1-7,12,16,21,24H,8-11,13-14H2/t16-/m0/s1. The molecule has 1 aromatic heterocycles. The van der Waals surface area contributed by atoms with Crippen LogP contribution < -0.4 is 10.1 Å². The van der Waals surface area contributed by atoms with Crippen LogP contribution in [0.5, 0.6) is 5.75 Å². The number of rotatable bonds is 6. The summed E-state index contributed by atoms with van der Waals surface area (Å²) in [6, 6.07) is 15.4. The second-order valence-corrected chi connectivity index (χ2v) is 6.53. The zero-order valence-electron chi connectivity index (χ0n) is 14.6. The van der Waals surface area contributed by atoms with E-state index in [4.69, 9.17) is 9.15 Å². The summed E-state index contributed by atoms with van der Waals surface area (Å²) in [6.45, 7) is 4.76. The summed E-state index contributed by atoms with van der Waals surface area (Å²) in [4.78, 5) is 6.79. The van der Waals surface area contributed by atoms with Crippen molar-refractivity contribution in [3.05, 3.63) is 48.5 Å². The summed E-state index contributed by atoms with van der Waals surface area (Å²) in [5.41, 5.74) is 2.41. The van der Waals surface area contributed by atoms with Crippen molar-refractivity contribution in [2.24, 2.45) is 0 Å². The Morgan fingerprint density at radius 2 is 1.96 bits per heavy atom. The van der Waals surface area contributed by atoms with Gasteiger partial charge in [0.15, 0.2) is 5.58 Å². The molecule has 1 aliphatic rings. The fourth-order valence-electron chi connectivity index (χ4n) is 3.14. The fourth-order valence-corrected chi connectivity index (χ4v) is 3.14. The first kappa shape index (κ1) is 17.0. The molecule has 4 rings (SSSR count). The average molecular weight is 353 g/mol. The smallest absolute Gasteiger partial charge is 0.227 e. The fraction of sp³-hybridized carbons (Fsp3) is 0.350. The van der Waals surface area contributed by atoms with Gasteiger partial charge in [-0.15, -0.1) is 0 Å². The second kappa shape index (κ2) is 7.86. The molecule has 1 saturated heterocycles. The molecule has 0 radical (unpaired) electrons. The molecule has 6 heteroatoms. The van der Waals surface area contributed by atoms with E-state index in [0.29, 0.717) is 18.2 Å². The number of nitrogens with one attached hydrogen (secondary N) is 1. The Labute approximate surface area is 152 Å². The summed E-state index contributed by atoms with van der Waals surface area (Å²) < 4.78 is 11.6. The minimum atomic E-state index is -0.513. The monoisotopic (exact) mass is 353 g/mol. The number of β-amino-alcohol motifs (C(OH)–C–C–N with tert-alkyl or cyclic N) is 1. The van der Waals surface area contributed by atoms with Crippen molar-refractivity contribution in [3.63, 3.8) is 0 Å². The maximum Gasteiger partial charge on any atom is 0.227 e. The van der Waals surface area contributed by atoms with Gasteiger partial charge in [0.1, 0.15) is 24.0 Å². The number of nitrogens with zero attached hydrogens (tertiary/aromatic N) is 2. The number of ether oxygens (including phenoxy) is 1. The normalized spacial score (nSPS) is 16.7. The molecule has 0 saturated carbocycles. The number of aliphatic hydroxyl groups is 1. The van der Waals surface area contributed by atoms with Crippen LogP contribution in [0.4, 0.5) is 0 Å². The number of aromatic nitrogens is 1. The number of fused-ring (bicyclic) bond motifs is 1. The highest BCUT2D eigenvalue weighted by molar-refractivity contribution is 5.77. The number of oxazole rings is 1. The van der Waals surface area contributed by atoms with Gasteiger partial charge >= 0.3 is 0 Å². The molecule has 136 valence electrons. The molecule has 6 nitrogen and oxygen atoms in total. The lowest BCUT2D eigenvalue weighted by molar-refractivity contribution is 0.0642. The first-order chi connectivity index (χ1) is 12.8. The zero-order valence-corrected chi connectivity index (χ0v) is 14.6. The minimum absolute atomic E-state index is 0.263. The summed E-state index contributed by atoms with van der Waals surface area (Å²) in [5, 5.41) is 13.5. The van der Waals surface area contributed by atoms with Crippen molar-refractivity contribution in [3.8, 4) is 17.2 Å². The second-order valence-electron chi connectivity index (χ2n) is 6.53. The minimum Gasteiger partial charge on any atom is -0.491 e. The summed E-state index contributed by atoms with van der Waals surface area (Å²) in [7, 11) is 0. The third-order valence-corrected chi connectivity index (χ3v) is 4.50. The first-order valence-corrected chi connectivity index (χ1v) is 8.98. The van der Waals surface area contributed by atoms with Crippen LogP contribution >= 0.6 is 0 Å². The maximum atomic E-state index is 10.2. The number of hydrogen-bond donors (Lipinski definition) is 2. The summed E-state index contributed by atoms with van der Waals surface area (Å²) in [6.07, 6.45) is -0.513. The van der Waals surface area contributed by atoms with E-state index >= 15 is 0 Å². The third-order valence-electron chi connectivity index (χ3n) is 4.50. The number of hydrogen-bond acceptors (Lipinski definition) is 6. The molecule has 1 aliphatic heterocycles. The van der Waals surface area contributed by atoms with Crippen molar-refractivity contribution in [2.45, 2.75) is 6.10 Å². The molecule has 0 aliphatic carbocycles. The van der Waals surface area contributed by atoms with E-state index in [1.165, 1.54) is 0 Å². The molecule has 0 amide bonds. The van der Waals surface area contributed by atoms with E-state index in [2.05, 4.69) is 15.2 Å². The average Bonchev–Trinajstić information content (AvgIpc) is 3.11. The van der Waals surface area contributed by atoms with Crippen LogP contribution in [0.2, 0.25) is 0 Å². The highest BCUT2D eigenvalue weighted by Crippen LogP contribution is 2.26. The Bertz CT molecular complexity index is 844. The number of piperazine rings is 1. The topological polar surface area (TPSA) is 70.8 Å². The molecule has 0 spiro atoms. The molecule has 1 atom stereocenters. The Morgan fingerprint density at radius 1 is 1.15 bits per heavy atom. The first-order valence-electron chi connectivity index (χ1n) is 8.98. The Hall–Kier alpha value is -2.41. The van der Waals surface area contributed by atoms with Gasteiger partial charge in [0, 0.05) is 44.4 Å². The van der Waals surface area contributed by atoms with Crippen LogP contribution in [0, 0.1) is 0 Å². The van der Waals surface area contributed by atoms with Gasteiger partial charge in [-0.3, -0.25) is 4.90 Å². The summed E-state index contributed by atoms with van der Waals surface area (Å²) in [5.74, 6) is 1.28. The number of benzene rings is 2. The Morgan fingerprint density at radius 3 is 2.77 bits per heavy atom.